The molecule has 1 rings (SSSR count). The van der Waals surface area contributed by atoms with Crippen LogP contribution in [-0.4, -0.2) is 19.3 Å². The smallest absolute Gasteiger partial charge is 0.126 e. The highest BCUT2D eigenvalue weighted by Crippen LogP contribution is 2.27. The second-order valence-corrected chi connectivity index (χ2v) is 5.68. The number of halogens is 1. The van der Waals surface area contributed by atoms with E-state index in [1.54, 1.807) is 20.1 Å². The average molecular weight is 267 g/mol. The summed E-state index contributed by atoms with van der Waals surface area (Å²) in [5.41, 5.74) is 1.44. The van der Waals surface area contributed by atoms with Gasteiger partial charge in [-0.05, 0) is 57.4 Å². The van der Waals surface area contributed by atoms with Gasteiger partial charge in [0.2, 0.25) is 0 Å². The first-order valence-corrected chi connectivity index (χ1v) is 6.94. The molecular weight excluding hydrogens is 241 g/mol. The van der Waals surface area contributed by atoms with Crippen molar-refractivity contribution >= 4 is 0 Å². The molecular formula is C16H26FNO. The van der Waals surface area contributed by atoms with E-state index in [9.17, 15) is 4.39 Å². The van der Waals surface area contributed by atoms with Gasteiger partial charge < -0.3 is 10.1 Å². The molecule has 0 fully saturated rings. The van der Waals surface area contributed by atoms with Gasteiger partial charge in [0.15, 0.2) is 0 Å². The van der Waals surface area contributed by atoms with Crippen molar-refractivity contribution in [3.63, 3.8) is 0 Å². The van der Waals surface area contributed by atoms with Gasteiger partial charge in [0.05, 0.1) is 5.60 Å². The first-order chi connectivity index (χ1) is 8.89. The number of rotatable bonds is 7. The van der Waals surface area contributed by atoms with Crippen LogP contribution >= 0.6 is 0 Å². The molecule has 108 valence electrons. The van der Waals surface area contributed by atoms with E-state index in [2.05, 4.69) is 26.1 Å². The molecule has 0 aliphatic heterocycles. The van der Waals surface area contributed by atoms with Gasteiger partial charge in [0.25, 0.3) is 0 Å². The first kappa shape index (κ1) is 16.1. The first-order valence-electron chi connectivity index (χ1n) is 6.94. The maximum atomic E-state index is 13.7. The van der Waals surface area contributed by atoms with Gasteiger partial charge in [-0.2, -0.15) is 0 Å². The molecule has 0 bridgehead atoms. The molecule has 0 saturated heterocycles. The lowest BCUT2D eigenvalue weighted by Crippen LogP contribution is -2.32. The minimum absolute atomic E-state index is 0.116. The lowest BCUT2D eigenvalue weighted by molar-refractivity contribution is 0.00682. The lowest BCUT2D eigenvalue weighted by Gasteiger charge is -2.29. The van der Waals surface area contributed by atoms with Crippen LogP contribution in [0, 0.1) is 12.7 Å². The third-order valence-electron chi connectivity index (χ3n) is 3.49. The van der Waals surface area contributed by atoms with Crippen molar-refractivity contribution < 1.29 is 9.13 Å². The van der Waals surface area contributed by atoms with Crippen LogP contribution < -0.4 is 5.32 Å². The summed E-state index contributed by atoms with van der Waals surface area (Å²) in [6, 6.07) is 5.58. The highest BCUT2D eigenvalue weighted by molar-refractivity contribution is 5.26. The van der Waals surface area contributed by atoms with Gasteiger partial charge in [-0.25, -0.2) is 4.39 Å². The maximum Gasteiger partial charge on any atom is 0.126 e. The number of aryl methyl sites for hydroxylation is 1. The van der Waals surface area contributed by atoms with E-state index in [4.69, 9.17) is 4.74 Å². The maximum absolute atomic E-state index is 13.7. The summed E-state index contributed by atoms with van der Waals surface area (Å²) in [4.78, 5) is 0. The van der Waals surface area contributed by atoms with Crippen LogP contribution in [0.15, 0.2) is 18.2 Å². The van der Waals surface area contributed by atoms with Crippen molar-refractivity contribution in [2.75, 3.05) is 13.7 Å². The molecule has 0 aliphatic carbocycles. The summed E-state index contributed by atoms with van der Waals surface area (Å²) in [6.07, 6.45) is 1.87. The zero-order valence-electron chi connectivity index (χ0n) is 12.7. The highest BCUT2D eigenvalue weighted by atomic mass is 19.1. The van der Waals surface area contributed by atoms with Gasteiger partial charge >= 0.3 is 0 Å². The number of benzene rings is 1. The summed E-state index contributed by atoms with van der Waals surface area (Å²) in [5, 5.41) is 3.48. The second kappa shape index (κ2) is 7.01. The Kier molecular flexibility index (Phi) is 5.95. The van der Waals surface area contributed by atoms with Crippen LogP contribution in [0.3, 0.4) is 0 Å². The van der Waals surface area contributed by atoms with Crippen molar-refractivity contribution in [3.05, 3.63) is 35.1 Å². The standard InChI is InChI=1S/C16H26FNO/c1-6-9-18-15(11-16(3,4)19-5)13-8-7-12(2)14(17)10-13/h7-8,10,15,18H,6,9,11H2,1-5H3. The average Bonchev–Trinajstić information content (AvgIpc) is 2.38. The van der Waals surface area contributed by atoms with Crippen LogP contribution in [0.2, 0.25) is 0 Å². The number of nitrogens with one attached hydrogen (secondary N) is 1. The Labute approximate surface area is 116 Å². The number of hydrogen-bond donors (Lipinski definition) is 1. The van der Waals surface area contributed by atoms with E-state index in [0.29, 0.717) is 5.56 Å². The molecule has 0 aliphatic rings. The van der Waals surface area contributed by atoms with Crippen molar-refractivity contribution in [3.8, 4) is 0 Å². The van der Waals surface area contributed by atoms with E-state index in [1.165, 1.54) is 0 Å². The van der Waals surface area contributed by atoms with Gasteiger partial charge in [-0.1, -0.05) is 19.1 Å². The third kappa shape index (κ3) is 4.92. The largest absolute Gasteiger partial charge is 0.379 e. The van der Waals surface area contributed by atoms with E-state index < -0.39 is 0 Å². The van der Waals surface area contributed by atoms with Crippen LogP contribution in [0.5, 0.6) is 0 Å². The minimum atomic E-state index is -0.229. The molecule has 19 heavy (non-hydrogen) atoms. The SMILES string of the molecule is CCCNC(CC(C)(C)OC)c1ccc(C)c(F)c1. The van der Waals surface area contributed by atoms with E-state index in [0.717, 1.165) is 24.9 Å². The highest BCUT2D eigenvalue weighted by Gasteiger charge is 2.24. The molecule has 1 unspecified atom stereocenters. The third-order valence-corrected chi connectivity index (χ3v) is 3.49. The van der Waals surface area contributed by atoms with Crippen LogP contribution in [-0.2, 0) is 4.74 Å². The van der Waals surface area contributed by atoms with Crippen molar-refractivity contribution in [2.45, 2.75) is 52.2 Å². The molecule has 0 saturated carbocycles. The van der Waals surface area contributed by atoms with Gasteiger partial charge in [0.1, 0.15) is 5.82 Å². The molecule has 1 atom stereocenters. The zero-order chi connectivity index (χ0) is 14.5. The fourth-order valence-electron chi connectivity index (χ4n) is 2.03. The Balaban J connectivity index is 2.92. The summed E-state index contributed by atoms with van der Waals surface area (Å²) in [5.74, 6) is -0.143. The Morgan fingerprint density at radius 2 is 2.05 bits per heavy atom. The van der Waals surface area contributed by atoms with E-state index in [1.807, 2.05) is 12.1 Å². The predicted octanol–water partition coefficient (Wildman–Crippen LogP) is 3.99. The molecule has 1 aromatic carbocycles. The Morgan fingerprint density at radius 3 is 2.58 bits per heavy atom. The Hall–Kier alpha value is -0.930. The fraction of sp³-hybridized carbons (Fsp3) is 0.625. The summed E-state index contributed by atoms with van der Waals surface area (Å²) in [7, 11) is 1.71. The van der Waals surface area contributed by atoms with Gasteiger partial charge in [-0.3, -0.25) is 0 Å². The molecule has 1 aromatic rings. The molecule has 0 amide bonds. The quantitative estimate of drug-likeness (QED) is 0.806. The zero-order valence-corrected chi connectivity index (χ0v) is 12.7. The summed E-state index contributed by atoms with van der Waals surface area (Å²) < 4.78 is 19.2. The normalized spacial score (nSPS) is 13.6. The molecule has 0 radical (unpaired) electrons. The molecule has 0 aromatic heterocycles. The Bertz CT molecular complexity index is 404. The second-order valence-electron chi connectivity index (χ2n) is 5.68. The van der Waals surface area contributed by atoms with Gasteiger partial charge in [-0.15, -0.1) is 0 Å². The molecule has 0 spiro atoms. The van der Waals surface area contributed by atoms with Crippen molar-refractivity contribution in [1.29, 1.82) is 0 Å². The van der Waals surface area contributed by atoms with Gasteiger partial charge in [0, 0.05) is 13.2 Å². The molecule has 1 N–H and O–H groups in total. The minimum Gasteiger partial charge on any atom is -0.379 e. The molecule has 0 heterocycles. The Morgan fingerprint density at radius 1 is 1.37 bits per heavy atom. The summed E-state index contributed by atoms with van der Waals surface area (Å²) >= 11 is 0. The van der Waals surface area contributed by atoms with Crippen LogP contribution in [0.25, 0.3) is 0 Å². The van der Waals surface area contributed by atoms with E-state index in [-0.39, 0.29) is 17.5 Å². The molecule has 2 nitrogen and oxygen atoms in total. The predicted molar refractivity (Wildman–Crippen MR) is 77.9 cm³/mol. The summed E-state index contributed by atoms with van der Waals surface area (Å²) in [6.45, 7) is 8.93. The number of ether oxygens (including phenoxy) is 1. The molecule has 3 heteroatoms. The van der Waals surface area contributed by atoms with Crippen LogP contribution in [0.4, 0.5) is 4.39 Å². The lowest BCUT2D eigenvalue weighted by atomic mass is 9.93. The van der Waals surface area contributed by atoms with Crippen molar-refractivity contribution in [2.24, 2.45) is 0 Å². The number of hydrogen-bond acceptors (Lipinski definition) is 2. The van der Waals surface area contributed by atoms with Crippen molar-refractivity contribution in [1.82, 2.24) is 5.32 Å². The topological polar surface area (TPSA) is 21.3 Å². The monoisotopic (exact) mass is 267 g/mol. The van der Waals surface area contributed by atoms with E-state index >= 15 is 0 Å². The fourth-order valence-corrected chi connectivity index (χ4v) is 2.03. The number of methoxy groups -OCH3 is 1. The van der Waals surface area contributed by atoms with Crippen LogP contribution in [0.1, 0.15) is 50.8 Å².